The third-order valence-electron chi connectivity index (χ3n) is 6.61. The van der Waals surface area contributed by atoms with E-state index < -0.39 is 9.84 Å². The molecule has 45 heavy (non-hydrogen) atoms. The number of nitriles is 1. The van der Waals surface area contributed by atoms with Crippen LogP contribution in [-0.2, 0) is 14.6 Å². The summed E-state index contributed by atoms with van der Waals surface area (Å²) < 4.78 is 37.1. The number of sulfone groups is 1. The lowest BCUT2D eigenvalue weighted by Gasteiger charge is -2.20. The molecule has 2 aromatic carbocycles. The number of aromatic nitrogens is 1. The summed E-state index contributed by atoms with van der Waals surface area (Å²) in [7, 11) is -2.35. The Hall–Kier alpha value is -4.17. The Morgan fingerprint density at radius 3 is 2.36 bits per heavy atom. The minimum atomic E-state index is -3.77. The molecule has 5 N–H and O–H groups in total. The molecule has 0 aliphatic heterocycles. The highest BCUT2D eigenvalue weighted by Crippen LogP contribution is 2.38. The number of azo groups is 1. The molecule has 242 valence electrons. The molecule has 0 saturated carbocycles. The summed E-state index contributed by atoms with van der Waals surface area (Å²) in [4.78, 5) is 6.29. The molecule has 1 heterocycles. The number of aliphatic hydroxyl groups is 3. The minimum absolute atomic E-state index is 0.000419. The molecule has 1 aromatic heterocycles. The largest absolute Gasteiger partial charge is 0.494 e. The lowest BCUT2D eigenvalue weighted by molar-refractivity contribution is 0.0992. The number of para-hydroxylation sites is 1. The molecule has 0 radical (unpaired) electrons. The fraction of sp³-hybridized carbons (Fsp3) is 0.400. The molecular weight excluding hydrogens is 602 g/mol. The molecule has 3 rings (SSSR count). The molecule has 0 bridgehead atoms. The van der Waals surface area contributed by atoms with Gasteiger partial charge >= 0.3 is 0 Å². The molecule has 0 aliphatic carbocycles. The Balaban J connectivity index is 1.99. The Morgan fingerprint density at radius 2 is 1.71 bits per heavy atom. The molecule has 0 aliphatic rings. The van der Waals surface area contributed by atoms with Gasteiger partial charge in [-0.1, -0.05) is 18.2 Å². The van der Waals surface area contributed by atoms with E-state index in [0.717, 1.165) is 5.69 Å². The highest BCUT2D eigenvalue weighted by Gasteiger charge is 2.20. The van der Waals surface area contributed by atoms with Crippen LogP contribution in [0, 0.1) is 18.3 Å². The predicted molar refractivity (Wildman–Crippen MR) is 170 cm³/mol. The van der Waals surface area contributed by atoms with Gasteiger partial charge in [0.2, 0.25) is 0 Å². The fourth-order valence-electron chi connectivity index (χ4n) is 4.26. The third kappa shape index (κ3) is 10.2. The summed E-state index contributed by atoms with van der Waals surface area (Å²) >= 11 is 0. The smallest absolute Gasteiger partial charge is 0.179 e. The SMILES string of the molecule is COc1ccc(S(=O)(=O)CCN(CCO)CCO)cc1/N=N/c1c(NCCOCCO)nc(Nc2ccccc2)c(C#N)c1C. The van der Waals surface area contributed by atoms with Crippen molar-refractivity contribution in [3.63, 3.8) is 0 Å². The van der Waals surface area contributed by atoms with E-state index in [1.54, 1.807) is 11.8 Å². The molecule has 0 amide bonds. The van der Waals surface area contributed by atoms with E-state index in [1.807, 2.05) is 30.3 Å². The van der Waals surface area contributed by atoms with E-state index in [-0.39, 0.29) is 86.0 Å². The summed E-state index contributed by atoms with van der Waals surface area (Å²) in [5.74, 6) is 0.644. The first kappa shape index (κ1) is 35.3. The number of ether oxygens (including phenoxy) is 2. The van der Waals surface area contributed by atoms with E-state index >= 15 is 0 Å². The average Bonchev–Trinajstić information content (AvgIpc) is 3.04. The van der Waals surface area contributed by atoms with Gasteiger partial charge in [0.05, 0.1) is 56.4 Å². The topological polar surface area (TPSA) is 202 Å². The normalized spacial score (nSPS) is 11.6. The average molecular weight is 642 g/mol. The van der Waals surface area contributed by atoms with E-state index in [2.05, 4.69) is 31.9 Å². The van der Waals surface area contributed by atoms with Gasteiger partial charge in [-0.15, -0.1) is 10.2 Å². The number of hydrogen-bond acceptors (Lipinski definition) is 14. The molecule has 0 saturated heterocycles. The highest BCUT2D eigenvalue weighted by molar-refractivity contribution is 7.91. The van der Waals surface area contributed by atoms with Gasteiger partial charge in [-0.05, 0) is 37.3 Å². The molecule has 0 fully saturated rings. The van der Waals surface area contributed by atoms with Gasteiger partial charge in [0, 0.05) is 37.4 Å². The zero-order valence-corrected chi connectivity index (χ0v) is 26.1. The second-order valence-electron chi connectivity index (χ2n) is 9.66. The number of methoxy groups -OCH3 is 1. The van der Waals surface area contributed by atoms with Gasteiger partial charge in [0.15, 0.2) is 21.5 Å². The molecule has 0 spiro atoms. The maximum Gasteiger partial charge on any atom is 0.179 e. The van der Waals surface area contributed by atoms with E-state index in [0.29, 0.717) is 23.7 Å². The summed E-state index contributed by atoms with van der Waals surface area (Å²) in [6.07, 6.45) is 0. The van der Waals surface area contributed by atoms with Crippen molar-refractivity contribution in [2.75, 3.05) is 82.7 Å². The van der Waals surface area contributed by atoms with Crippen LogP contribution in [0.15, 0.2) is 63.7 Å². The van der Waals surface area contributed by atoms with Crippen LogP contribution in [0.2, 0.25) is 0 Å². The standard InChI is InChI=1S/C30H39N7O7S/c1-22-25(21-31)29(33-23-6-4-3-5-7-23)34-30(32-10-17-44-18-16-40)28(22)36-35-26-20-24(8-9-27(26)43-2)45(41,42)19-13-37(11-14-38)12-15-39/h3-9,20,38-40H,10-19H2,1-2H3,(H2,32,33,34)/b36-35+. The predicted octanol–water partition coefficient (Wildman–Crippen LogP) is 2.91. The van der Waals surface area contributed by atoms with Gasteiger partial charge in [0.25, 0.3) is 0 Å². The van der Waals surface area contributed by atoms with Crippen LogP contribution in [-0.4, -0.2) is 106 Å². The quantitative estimate of drug-likeness (QED) is 0.0948. The van der Waals surface area contributed by atoms with Crippen LogP contribution in [0.5, 0.6) is 5.75 Å². The Labute approximate surface area is 262 Å². The van der Waals surface area contributed by atoms with E-state index in [9.17, 15) is 23.9 Å². The van der Waals surface area contributed by atoms with Crippen LogP contribution in [0.4, 0.5) is 28.7 Å². The first-order valence-electron chi connectivity index (χ1n) is 14.2. The van der Waals surface area contributed by atoms with Crippen LogP contribution in [0.25, 0.3) is 0 Å². The number of pyridine rings is 1. The Morgan fingerprint density at radius 1 is 0.978 bits per heavy atom. The second kappa shape index (κ2) is 18.0. The number of hydrogen-bond donors (Lipinski definition) is 5. The van der Waals surface area contributed by atoms with Crippen molar-refractivity contribution in [3.8, 4) is 11.8 Å². The fourth-order valence-corrected chi connectivity index (χ4v) is 5.57. The molecule has 14 nitrogen and oxygen atoms in total. The van der Waals surface area contributed by atoms with Gasteiger partial charge < -0.3 is 35.4 Å². The van der Waals surface area contributed by atoms with Crippen molar-refractivity contribution in [1.29, 1.82) is 5.26 Å². The molecule has 0 atom stereocenters. The Bertz CT molecular complexity index is 1560. The highest BCUT2D eigenvalue weighted by atomic mass is 32.2. The van der Waals surface area contributed by atoms with Gasteiger partial charge in [0.1, 0.15) is 23.2 Å². The maximum absolute atomic E-state index is 13.2. The molecule has 15 heteroatoms. The van der Waals surface area contributed by atoms with Gasteiger partial charge in [-0.25, -0.2) is 13.4 Å². The number of benzene rings is 2. The van der Waals surface area contributed by atoms with E-state index in [4.69, 9.17) is 14.6 Å². The summed E-state index contributed by atoms with van der Waals surface area (Å²) in [6, 6.07) is 15.7. The molecular formula is C30H39N7O7S. The van der Waals surface area contributed by atoms with Crippen molar-refractivity contribution in [2.24, 2.45) is 10.2 Å². The van der Waals surface area contributed by atoms with Gasteiger partial charge in [-0.2, -0.15) is 5.26 Å². The van der Waals surface area contributed by atoms with Crippen LogP contribution >= 0.6 is 0 Å². The molecule has 3 aromatic rings. The number of nitrogens with zero attached hydrogens (tertiary/aromatic N) is 5. The zero-order chi connectivity index (χ0) is 32.7. The number of aliphatic hydroxyl groups excluding tert-OH is 3. The number of anilines is 3. The summed E-state index contributed by atoms with van der Waals surface area (Å²) in [6.45, 7) is 2.62. The second-order valence-corrected chi connectivity index (χ2v) is 11.8. The van der Waals surface area contributed by atoms with Crippen LogP contribution in [0.1, 0.15) is 11.1 Å². The van der Waals surface area contributed by atoms with Crippen LogP contribution < -0.4 is 15.4 Å². The van der Waals surface area contributed by atoms with Crippen molar-refractivity contribution in [3.05, 3.63) is 59.7 Å². The first-order valence-corrected chi connectivity index (χ1v) is 15.9. The minimum Gasteiger partial charge on any atom is -0.494 e. The van der Waals surface area contributed by atoms with Crippen molar-refractivity contribution >= 4 is 38.5 Å². The zero-order valence-electron chi connectivity index (χ0n) is 25.3. The first-order chi connectivity index (χ1) is 21.8. The lowest BCUT2D eigenvalue weighted by Crippen LogP contribution is -2.34. The van der Waals surface area contributed by atoms with Crippen molar-refractivity contribution in [2.45, 2.75) is 11.8 Å². The van der Waals surface area contributed by atoms with Crippen molar-refractivity contribution < 1.29 is 33.2 Å². The number of nitrogens with one attached hydrogen (secondary N) is 2. The van der Waals surface area contributed by atoms with Crippen molar-refractivity contribution in [1.82, 2.24) is 9.88 Å². The Kier molecular flexibility index (Phi) is 14.1. The summed E-state index contributed by atoms with van der Waals surface area (Å²) in [5, 5.41) is 52.5. The van der Waals surface area contributed by atoms with Crippen LogP contribution in [0.3, 0.4) is 0 Å². The third-order valence-corrected chi connectivity index (χ3v) is 8.31. The van der Waals surface area contributed by atoms with Gasteiger partial charge in [-0.3, -0.25) is 4.90 Å². The number of rotatable bonds is 19. The molecule has 0 unspecified atom stereocenters. The lowest BCUT2D eigenvalue weighted by atomic mass is 10.1. The summed E-state index contributed by atoms with van der Waals surface area (Å²) in [5.41, 5.74) is 1.85. The maximum atomic E-state index is 13.2. The monoisotopic (exact) mass is 641 g/mol. The van der Waals surface area contributed by atoms with E-state index in [1.165, 1.54) is 25.3 Å².